The molecule has 1 amide bonds. The number of esters is 1. The Kier molecular flexibility index (Phi) is 5.83. The number of fused-ring (bicyclic) bond motifs is 1. The maximum Gasteiger partial charge on any atom is 0.313 e. The van der Waals surface area contributed by atoms with Crippen molar-refractivity contribution in [2.45, 2.75) is 53.0 Å². The normalized spacial score (nSPS) is 26.1. The van der Waals surface area contributed by atoms with Crippen molar-refractivity contribution in [3.63, 3.8) is 0 Å². The second-order valence-electron chi connectivity index (χ2n) is 7.95. The van der Waals surface area contributed by atoms with Crippen LogP contribution in [-0.2, 0) is 20.7 Å². The van der Waals surface area contributed by atoms with Gasteiger partial charge in [-0.3, -0.25) is 14.5 Å². The van der Waals surface area contributed by atoms with Crippen LogP contribution in [0.25, 0.3) is 0 Å². The summed E-state index contributed by atoms with van der Waals surface area (Å²) in [6, 6.07) is 0.355. The molecule has 0 bridgehead atoms. The molecule has 2 atom stereocenters. The number of nitrogens with zero attached hydrogens (tertiary/aromatic N) is 4. The third kappa shape index (κ3) is 4.00. The van der Waals surface area contributed by atoms with E-state index in [0.717, 1.165) is 19.4 Å². The number of carbonyl (C=O) groups is 2. The van der Waals surface area contributed by atoms with E-state index in [-0.39, 0.29) is 24.2 Å². The summed E-state index contributed by atoms with van der Waals surface area (Å²) in [7, 11) is 0. The van der Waals surface area contributed by atoms with E-state index in [1.807, 2.05) is 11.8 Å². The van der Waals surface area contributed by atoms with Gasteiger partial charge in [-0.2, -0.15) is 4.98 Å². The highest BCUT2D eigenvalue weighted by molar-refractivity contribution is 5.80. The predicted molar refractivity (Wildman–Crippen MR) is 97.8 cm³/mol. The molecule has 0 aliphatic carbocycles. The molecule has 0 aromatic carbocycles. The minimum atomic E-state index is -0.517. The first kappa shape index (κ1) is 19.8. The van der Waals surface area contributed by atoms with Crippen LogP contribution in [0.2, 0.25) is 0 Å². The highest BCUT2D eigenvalue weighted by Crippen LogP contribution is 2.44. The summed E-state index contributed by atoms with van der Waals surface area (Å²) in [5.41, 5.74) is -0.517. The average molecular weight is 378 g/mol. The highest BCUT2D eigenvalue weighted by Gasteiger charge is 2.54. The van der Waals surface area contributed by atoms with Crippen LogP contribution in [0.15, 0.2) is 4.52 Å². The van der Waals surface area contributed by atoms with Crippen LogP contribution < -0.4 is 0 Å². The highest BCUT2D eigenvalue weighted by atomic mass is 16.5. The first-order chi connectivity index (χ1) is 12.9. The van der Waals surface area contributed by atoms with Gasteiger partial charge in [-0.15, -0.1) is 0 Å². The third-order valence-electron chi connectivity index (χ3n) is 5.85. The lowest BCUT2D eigenvalue weighted by atomic mass is 9.75. The van der Waals surface area contributed by atoms with Gasteiger partial charge in [0.1, 0.15) is 6.42 Å². The summed E-state index contributed by atoms with van der Waals surface area (Å²) in [6.07, 6.45) is 1.65. The van der Waals surface area contributed by atoms with Crippen molar-refractivity contribution in [1.82, 2.24) is 19.9 Å². The van der Waals surface area contributed by atoms with Crippen LogP contribution in [0.5, 0.6) is 0 Å². The Morgan fingerprint density at radius 3 is 2.78 bits per heavy atom. The van der Waals surface area contributed by atoms with E-state index >= 15 is 0 Å². The molecule has 0 saturated carbocycles. The van der Waals surface area contributed by atoms with Gasteiger partial charge in [0, 0.05) is 38.1 Å². The van der Waals surface area contributed by atoms with Gasteiger partial charge >= 0.3 is 5.97 Å². The quantitative estimate of drug-likeness (QED) is 0.716. The zero-order chi connectivity index (χ0) is 19.6. The van der Waals surface area contributed by atoms with E-state index in [2.05, 4.69) is 28.9 Å². The zero-order valence-corrected chi connectivity index (χ0v) is 16.7. The molecule has 150 valence electrons. The fourth-order valence-electron chi connectivity index (χ4n) is 4.35. The van der Waals surface area contributed by atoms with E-state index in [9.17, 15) is 9.59 Å². The van der Waals surface area contributed by atoms with Crippen molar-refractivity contribution in [2.75, 3.05) is 32.8 Å². The number of rotatable bonds is 5. The van der Waals surface area contributed by atoms with E-state index in [1.165, 1.54) is 0 Å². The number of hydrogen-bond donors (Lipinski definition) is 0. The molecule has 2 saturated heterocycles. The standard InChI is InChI=1S/C19H30N4O4/c1-5-26-18(25)19-7-6-8-22(10-15(19)11-23(12-19)13(2)3)17(24)9-16-20-14(4)21-27-16/h13,15H,5-12H2,1-4H3/t15-,19-/m0/s1. The molecular formula is C19H30N4O4. The largest absolute Gasteiger partial charge is 0.466 e. The fraction of sp³-hybridized carbons (Fsp3) is 0.789. The van der Waals surface area contributed by atoms with E-state index < -0.39 is 5.41 Å². The number of amides is 1. The Bertz CT molecular complexity index is 689. The number of hydrogen-bond acceptors (Lipinski definition) is 7. The van der Waals surface area contributed by atoms with Gasteiger partial charge in [0.25, 0.3) is 0 Å². The maximum atomic E-state index is 12.9. The molecule has 2 fully saturated rings. The molecule has 27 heavy (non-hydrogen) atoms. The topological polar surface area (TPSA) is 88.8 Å². The number of carbonyl (C=O) groups excluding carboxylic acids is 2. The van der Waals surface area contributed by atoms with Gasteiger partial charge in [-0.05, 0) is 40.5 Å². The van der Waals surface area contributed by atoms with Gasteiger partial charge in [0.05, 0.1) is 12.0 Å². The molecule has 0 radical (unpaired) electrons. The second kappa shape index (κ2) is 7.96. The molecule has 2 aliphatic rings. The van der Waals surface area contributed by atoms with Gasteiger partial charge in [-0.1, -0.05) is 5.16 Å². The Labute approximate surface area is 160 Å². The van der Waals surface area contributed by atoms with E-state index in [1.54, 1.807) is 6.92 Å². The van der Waals surface area contributed by atoms with Crippen LogP contribution >= 0.6 is 0 Å². The average Bonchev–Trinajstić information content (AvgIpc) is 3.14. The summed E-state index contributed by atoms with van der Waals surface area (Å²) in [6.45, 7) is 11.0. The lowest BCUT2D eigenvalue weighted by molar-refractivity contribution is -0.158. The summed E-state index contributed by atoms with van der Waals surface area (Å²) < 4.78 is 10.6. The summed E-state index contributed by atoms with van der Waals surface area (Å²) in [5.74, 6) is 0.808. The van der Waals surface area contributed by atoms with Crippen LogP contribution in [0.3, 0.4) is 0 Å². The summed E-state index contributed by atoms with van der Waals surface area (Å²) >= 11 is 0. The number of ether oxygens (including phenoxy) is 1. The Morgan fingerprint density at radius 2 is 2.15 bits per heavy atom. The molecule has 0 unspecified atom stereocenters. The molecular weight excluding hydrogens is 348 g/mol. The van der Waals surface area contributed by atoms with Crippen LogP contribution in [0.1, 0.15) is 45.3 Å². The molecule has 3 rings (SSSR count). The fourth-order valence-corrected chi connectivity index (χ4v) is 4.35. The molecule has 0 N–H and O–H groups in total. The first-order valence-corrected chi connectivity index (χ1v) is 9.84. The Hall–Kier alpha value is -1.96. The minimum Gasteiger partial charge on any atom is -0.466 e. The van der Waals surface area contributed by atoms with Gasteiger partial charge in [0.15, 0.2) is 5.82 Å². The Balaban J connectivity index is 1.77. The molecule has 2 aliphatic heterocycles. The van der Waals surface area contributed by atoms with Crippen molar-refractivity contribution in [3.8, 4) is 0 Å². The van der Waals surface area contributed by atoms with Crippen molar-refractivity contribution >= 4 is 11.9 Å². The molecule has 8 nitrogen and oxygen atoms in total. The molecule has 1 aromatic rings. The van der Waals surface area contributed by atoms with Crippen molar-refractivity contribution < 1.29 is 18.8 Å². The monoisotopic (exact) mass is 378 g/mol. The lowest BCUT2D eigenvalue weighted by Gasteiger charge is -2.31. The van der Waals surface area contributed by atoms with Crippen LogP contribution in [-0.4, -0.2) is 70.6 Å². The number of aryl methyl sites for hydroxylation is 1. The van der Waals surface area contributed by atoms with E-state index in [4.69, 9.17) is 9.26 Å². The van der Waals surface area contributed by atoms with Crippen molar-refractivity contribution in [1.29, 1.82) is 0 Å². The van der Waals surface area contributed by atoms with Crippen molar-refractivity contribution in [3.05, 3.63) is 11.7 Å². The predicted octanol–water partition coefficient (Wildman–Crippen LogP) is 1.43. The third-order valence-corrected chi connectivity index (χ3v) is 5.85. The van der Waals surface area contributed by atoms with Crippen LogP contribution in [0.4, 0.5) is 0 Å². The smallest absolute Gasteiger partial charge is 0.313 e. The first-order valence-electron chi connectivity index (χ1n) is 9.84. The SMILES string of the molecule is CCOC(=O)[C@]12CCCN(C(=O)Cc3nc(C)no3)C[C@H]1CN(C(C)C)C2. The number of likely N-dealkylation sites (tertiary alicyclic amines) is 2. The van der Waals surface area contributed by atoms with Gasteiger partial charge < -0.3 is 14.2 Å². The van der Waals surface area contributed by atoms with Crippen LogP contribution in [0, 0.1) is 18.3 Å². The van der Waals surface area contributed by atoms with E-state index in [0.29, 0.717) is 44.0 Å². The number of aromatic nitrogens is 2. The van der Waals surface area contributed by atoms with Gasteiger partial charge in [-0.25, -0.2) is 0 Å². The zero-order valence-electron chi connectivity index (χ0n) is 16.7. The second-order valence-corrected chi connectivity index (χ2v) is 7.95. The molecule has 0 spiro atoms. The summed E-state index contributed by atoms with van der Waals surface area (Å²) in [4.78, 5) is 34.0. The lowest BCUT2D eigenvalue weighted by Crippen LogP contribution is -2.44. The Morgan fingerprint density at radius 1 is 1.37 bits per heavy atom. The van der Waals surface area contributed by atoms with Crippen molar-refractivity contribution in [2.24, 2.45) is 11.3 Å². The molecule has 3 heterocycles. The van der Waals surface area contributed by atoms with Gasteiger partial charge in [0.2, 0.25) is 11.8 Å². The summed E-state index contributed by atoms with van der Waals surface area (Å²) in [5, 5.41) is 3.75. The molecule has 1 aromatic heterocycles. The maximum absolute atomic E-state index is 12.9. The molecule has 8 heteroatoms. The minimum absolute atomic E-state index is 0.0266.